The van der Waals surface area contributed by atoms with E-state index in [0.29, 0.717) is 25.0 Å². The second-order valence-electron chi connectivity index (χ2n) is 6.52. The Labute approximate surface area is 158 Å². The monoisotopic (exact) mass is 368 g/mol. The quantitative estimate of drug-likeness (QED) is 0.643. The lowest BCUT2D eigenvalue weighted by atomic mass is 10.0. The van der Waals surface area contributed by atoms with E-state index in [1.165, 1.54) is 5.56 Å². The van der Waals surface area contributed by atoms with Crippen LogP contribution in [0.15, 0.2) is 30.3 Å². The van der Waals surface area contributed by atoms with Crippen LogP contribution in [0.2, 0.25) is 0 Å². The molecule has 0 unspecified atom stereocenters. The zero-order valence-electron chi connectivity index (χ0n) is 15.4. The van der Waals surface area contributed by atoms with Crippen molar-refractivity contribution in [2.75, 3.05) is 32.8 Å². The van der Waals surface area contributed by atoms with Gasteiger partial charge in [0.25, 0.3) is 0 Å². The molecule has 25 heavy (non-hydrogen) atoms. The molecule has 142 valence electrons. The van der Waals surface area contributed by atoms with Gasteiger partial charge in [0.15, 0.2) is 0 Å². The third-order valence-corrected chi connectivity index (χ3v) is 4.59. The van der Waals surface area contributed by atoms with E-state index in [1.54, 1.807) is 0 Å². The number of nitrogens with one attached hydrogen (secondary N) is 1. The number of amides is 1. The lowest BCUT2D eigenvalue weighted by Crippen LogP contribution is -2.46. The van der Waals surface area contributed by atoms with E-state index < -0.39 is 0 Å². The van der Waals surface area contributed by atoms with Crippen LogP contribution in [0, 0.1) is 0 Å². The molecule has 0 aromatic heterocycles. The smallest absolute Gasteiger partial charge is 0.222 e. The second kappa shape index (κ2) is 13.2. The number of nitrogens with zero attached hydrogens (tertiary/aromatic N) is 1. The molecule has 1 fully saturated rings. The predicted molar refractivity (Wildman–Crippen MR) is 105 cm³/mol. The number of piperidine rings is 1. The molecule has 0 radical (unpaired) electrons. The largest absolute Gasteiger partial charge is 0.381 e. The third kappa shape index (κ3) is 8.21. The number of carbonyl (C=O) groups is 1. The summed E-state index contributed by atoms with van der Waals surface area (Å²) >= 11 is 0. The number of hydrogen-bond acceptors (Lipinski definition) is 3. The maximum atomic E-state index is 12.5. The molecule has 2 rings (SSSR count). The highest BCUT2D eigenvalue weighted by molar-refractivity contribution is 5.85. The summed E-state index contributed by atoms with van der Waals surface area (Å²) in [5, 5.41) is 3.37. The van der Waals surface area contributed by atoms with Crippen LogP contribution in [0.4, 0.5) is 0 Å². The number of hydrogen-bond donors (Lipinski definition) is 1. The Morgan fingerprint density at radius 2 is 1.92 bits per heavy atom. The van der Waals surface area contributed by atoms with Gasteiger partial charge in [-0.25, -0.2) is 0 Å². The molecular weight excluding hydrogens is 336 g/mol. The number of rotatable bonds is 10. The first-order valence-electron chi connectivity index (χ1n) is 9.43. The SMILES string of the molecule is CCCN(C(=O)CCCOCCc1ccccc1)C1CCNCC1.Cl. The van der Waals surface area contributed by atoms with Crippen LogP contribution in [0.1, 0.15) is 44.6 Å². The van der Waals surface area contributed by atoms with Gasteiger partial charge >= 0.3 is 0 Å². The van der Waals surface area contributed by atoms with Crippen molar-refractivity contribution < 1.29 is 9.53 Å². The molecule has 0 atom stereocenters. The first-order chi connectivity index (χ1) is 11.8. The zero-order chi connectivity index (χ0) is 17.0. The highest BCUT2D eigenvalue weighted by Gasteiger charge is 2.23. The van der Waals surface area contributed by atoms with Crippen molar-refractivity contribution in [3.63, 3.8) is 0 Å². The van der Waals surface area contributed by atoms with Crippen molar-refractivity contribution in [3.8, 4) is 0 Å². The number of benzene rings is 1. The van der Waals surface area contributed by atoms with Crippen molar-refractivity contribution in [2.24, 2.45) is 0 Å². The Hall–Kier alpha value is -1.10. The zero-order valence-corrected chi connectivity index (χ0v) is 16.2. The van der Waals surface area contributed by atoms with Gasteiger partial charge in [-0.15, -0.1) is 12.4 Å². The Bertz CT molecular complexity index is 464. The minimum absolute atomic E-state index is 0. The molecule has 1 aliphatic rings. The minimum atomic E-state index is 0. The van der Waals surface area contributed by atoms with Gasteiger partial charge in [-0.1, -0.05) is 37.3 Å². The second-order valence-corrected chi connectivity index (χ2v) is 6.52. The molecule has 1 saturated heterocycles. The topological polar surface area (TPSA) is 41.6 Å². The molecule has 0 saturated carbocycles. The maximum Gasteiger partial charge on any atom is 0.222 e. The summed E-state index contributed by atoms with van der Waals surface area (Å²) in [5.41, 5.74) is 1.30. The first-order valence-corrected chi connectivity index (χ1v) is 9.43. The van der Waals surface area contributed by atoms with Gasteiger partial charge < -0.3 is 15.0 Å². The highest BCUT2D eigenvalue weighted by atomic mass is 35.5. The summed E-state index contributed by atoms with van der Waals surface area (Å²) in [6.45, 7) is 6.49. The van der Waals surface area contributed by atoms with Crippen LogP contribution in [0.5, 0.6) is 0 Å². The molecule has 0 aliphatic carbocycles. The maximum absolute atomic E-state index is 12.5. The van der Waals surface area contributed by atoms with E-state index in [2.05, 4.69) is 41.4 Å². The average molecular weight is 369 g/mol. The van der Waals surface area contributed by atoms with E-state index >= 15 is 0 Å². The van der Waals surface area contributed by atoms with Gasteiger partial charge in [0, 0.05) is 25.6 Å². The fraction of sp³-hybridized carbons (Fsp3) is 0.650. The highest BCUT2D eigenvalue weighted by Crippen LogP contribution is 2.14. The molecule has 0 spiro atoms. The molecule has 1 N–H and O–H groups in total. The summed E-state index contributed by atoms with van der Waals surface area (Å²) in [6, 6.07) is 10.8. The Morgan fingerprint density at radius 3 is 2.60 bits per heavy atom. The van der Waals surface area contributed by atoms with Gasteiger partial charge in [0.1, 0.15) is 0 Å². The number of ether oxygens (including phenoxy) is 1. The first kappa shape index (κ1) is 21.9. The molecular formula is C20H33ClN2O2. The van der Waals surface area contributed by atoms with Gasteiger partial charge in [0.05, 0.1) is 6.61 Å². The summed E-state index contributed by atoms with van der Waals surface area (Å²) in [7, 11) is 0. The van der Waals surface area contributed by atoms with Crippen molar-refractivity contribution in [2.45, 2.75) is 51.5 Å². The van der Waals surface area contributed by atoms with Crippen LogP contribution < -0.4 is 5.32 Å². The van der Waals surface area contributed by atoms with E-state index in [1.807, 2.05) is 6.07 Å². The Kier molecular flexibility index (Phi) is 11.5. The fourth-order valence-corrected chi connectivity index (χ4v) is 3.28. The third-order valence-electron chi connectivity index (χ3n) is 4.59. The van der Waals surface area contributed by atoms with Crippen molar-refractivity contribution in [1.82, 2.24) is 10.2 Å². The van der Waals surface area contributed by atoms with Crippen molar-refractivity contribution in [3.05, 3.63) is 35.9 Å². The van der Waals surface area contributed by atoms with Gasteiger partial charge in [-0.2, -0.15) is 0 Å². The number of carbonyl (C=O) groups excluding carboxylic acids is 1. The molecule has 5 heteroatoms. The van der Waals surface area contributed by atoms with Crippen LogP contribution in [0.25, 0.3) is 0 Å². The molecule has 0 bridgehead atoms. The number of halogens is 1. The fourth-order valence-electron chi connectivity index (χ4n) is 3.28. The van der Waals surface area contributed by atoms with E-state index in [-0.39, 0.29) is 12.4 Å². The van der Waals surface area contributed by atoms with Gasteiger partial charge in [-0.05, 0) is 50.8 Å². The van der Waals surface area contributed by atoms with Gasteiger partial charge in [-0.3, -0.25) is 4.79 Å². The Morgan fingerprint density at radius 1 is 1.20 bits per heavy atom. The van der Waals surface area contributed by atoms with E-state index in [0.717, 1.165) is 58.3 Å². The van der Waals surface area contributed by atoms with Crippen LogP contribution in [-0.2, 0) is 16.0 Å². The van der Waals surface area contributed by atoms with Gasteiger partial charge in [0.2, 0.25) is 5.91 Å². The molecule has 1 amide bonds. The summed E-state index contributed by atoms with van der Waals surface area (Å²) in [6.07, 6.45) is 5.56. The molecule has 1 aromatic rings. The van der Waals surface area contributed by atoms with E-state index in [4.69, 9.17) is 4.74 Å². The summed E-state index contributed by atoms with van der Waals surface area (Å²) < 4.78 is 5.69. The summed E-state index contributed by atoms with van der Waals surface area (Å²) in [5.74, 6) is 0.301. The van der Waals surface area contributed by atoms with Crippen molar-refractivity contribution in [1.29, 1.82) is 0 Å². The summed E-state index contributed by atoms with van der Waals surface area (Å²) in [4.78, 5) is 14.7. The van der Waals surface area contributed by atoms with Crippen molar-refractivity contribution >= 4 is 18.3 Å². The molecule has 1 aliphatic heterocycles. The van der Waals surface area contributed by atoms with Crippen LogP contribution in [0.3, 0.4) is 0 Å². The lowest BCUT2D eigenvalue weighted by molar-refractivity contribution is -0.134. The predicted octanol–water partition coefficient (Wildman–Crippen LogP) is 3.44. The molecule has 1 heterocycles. The standard InChI is InChI=1S/C20H32N2O2.ClH/c1-2-15-22(19-10-13-21-14-11-19)20(23)9-6-16-24-17-12-18-7-4-3-5-8-18;/h3-5,7-8,19,21H,2,6,9-17H2,1H3;1H. The molecule has 1 aromatic carbocycles. The lowest BCUT2D eigenvalue weighted by Gasteiger charge is -2.34. The van der Waals surface area contributed by atoms with Crippen LogP contribution >= 0.6 is 12.4 Å². The molecule has 4 nitrogen and oxygen atoms in total. The van der Waals surface area contributed by atoms with Crippen LogP contribution in [-0.4, -0.2) is 49.7 Å². The average Bonchev–Trinajstić information content (AvgIpc) is 2.64. The Balaban J connectivity index is 0.00000312. The normalized spacial score (nSPS) is 14.8. The minimum Gasteiger partial charge on any atom is -0.381 e. The van der Waals surface area contributed by atoms with E-state index in [9.17, 15) is 4.79 Å².